The molecule has 1 aliphatic rings. The summed E-state index contributed by atoms with van der Waals surface area (Å²) >= 11 is 1.75. The third-order valence-corrected chi connectivity index (χ3v) is 3.86. The summed E-state index contributed by atoms with van der Waals surface area (Å²) in [5.41, 5.74) is 0.209. The maximum atomic E-state index is 13.4. The van der Waals surface area contributed by atoms with Gasteiger partial charge in [0, 0.05) is 18.7 Å². The molecule has 0 amide bonds. The fourth-order valence-electron chi connectivity index (χ4n) is 1.85. The van der Waals surface area contributed by atoms with Crippen LogP contribution in [0, 0.1) is 25.4 Å². The van der Waals surface area contributed by atoms with E-state index in [4.69, 9.17) is 0 Å². The monoisotopic (exact) mass is 364 g/mol. The maximum Gasteiger partial charge on any atom is 0.293 e. The van der Waals surface area contributed by atoms with E-state index in [1.165, 1.54) is 25.0 Å². The van der Waals surface area contributed by atoms with E-state index in [0.29, 0.717) is 6.54 Å². The van der Waals surface area contributed by atoms with E-state index < -0.39 is 10.7 Å². The molecule has 1 aromatic carbocycles. The van der Waals surface area contributed by atoms with E-state index >= 15 is 0 Å². The Morgan fingerprint density at radius 1 is 1.50 bits per heavy atom. The molecule has 4 nitrogen and oxygen atoms in total. The molecule has 1 saturated carbocycles. The number of halogens is 2. The largest absolute Gasteiger partial charge is 0.379 e. The second-order valence-corrected chi connectivity index (χ2v) is 5.72. The molecule has 1 N–H and O–H groups in total. The lowest BCUT2D eigenvalue weighted by Crippen LogP contribution is -2.05. The summed E-state index contributed by atoms with van der Waals surface area (Å²) in [6.45, 7) is 0.650. The van der Waals surface area contributed by atoms with Crippen molar-refractivity contribution in [1.29, 1.82) is 0 Å². The number of hydrogen-bond donors (Lipinski definition) is 1. The third kappa shape index (κ3) is 3.54. The number of hydrogen-bond acceptors (Lipinski definition) is 3. The van der Waals surface area contributed by atoms with Gasteiger partial charge in [-0.25, -0.2) is 4.39 Å². The highest BCUT2D eigenvalue weighted by Crippen LogP contribution is 2.33. The first-order valence-electron chi connectivity index (χ1n) is 5.95. The number of nitrogens with zero attached hydrogens (tertiary/aromatic N) is 1. The van der Waals surface area contributed by atoms with Gasteiger partial charge in [0.15, 0.2) is 0 Å². The van der Waals surface area contributed by atoms with Crippen LogP contribution in [0.2, 0.25) is 0 Å². The smallest absolute Gasteiger partial charge is 0.293 e. The summed E-state index contributed by atoms with van der Waals surface area (Å²) in [7, 11) is 0. The molecule has 1 aromatic rings. The van der Waals surface area contributed by atoms with Crippen molar-refractivity contribution in [3.63, 3.8) is 0 Å². The molecule has 0 saturated heterocycles. The Balaban J connectivity index is 1.99. The van der Waals surface area contributed by atoms with Crippen LogP contribution in [0.4, 0.5) is 15.8 Å². The summed E-state index contributed by atoms with van der Waals surface area (Å²) < 4.78 is 13.7. The number of anilines is 1. The van der Waals surface area contributed by atoms with Gasteiger partial charge in [0.2, 0.25) is 0 Å². The Bertz CT molecular complexity index is 464. The molecule has 6 heteroatoms. The standard InChI is InChI=1S/C12H14FIN2O2/c13-9-6-11(12(16(17)18)7-10(9)14)15-5-1-2-8-3-4-8/h6-8,15H,1-5H2. The van der Waals surface area contributed by atoms with Gasteiger partial charge in [-0.05, 0) is 41.4 Å². The van der Waals surface area contributed by atoms with Crippen LogP contribution in [-0.4, -0.2) is 11.5 Å². The summed E-state index contributed by atoms with van der Waals surface area (Å²) in [6, 6.07) is 2.47. The third-order valence-electron chi connectivity index (χ3n) is 3.04. The fraction of sp³-hybridized carbons (Fsp3) is 0.500. The van der Waals surface area contributed by atoms with Crippen LogP contribution in [0.15, 0.2) is 12.1 Å². The van der Waals surface area contributed by atoms with Crippen molar-refractivity contribution in [1.82, 2.24) is 0 Å². The molecule has 0 radical (unpaired) electrons. The van der Waals surface area contributed by atoms with Crippen LogP contribution in [-0.2, 0) is 0 Å². The molecule has 1 fully saturated rings. The molecule has 1 aliphatic carbocycles. The van der Waals surface area contributed by atoms with E-state index in [1.54, 1.807) is 22.6 Å². The first kappa shape index (κ1) is 13.5. The molecule has 0 heterocycles. The summed E-state index contributed by atoms with van der Waals surface area (Å²) in [5.74, 6) is 0.418. The lowest BCUT2D eigenvalue weighted by Gasteiger charge is -2.07. The zero-order valence-electron chi connectivity index (χ0n) is 9.79. The molecule has 18 heavy (non-hydrogen) atoms. The van der Waals surface area contributed by atoms with Crippen LogP contribution < -0.4 is 5.32 Å². The van der Waals surface area contributed by atoms with E-state index in [9.17, 15) is 14.5 Å². The predicted molar refractivity (Wildman–Crippen MR) is 76.2 cm³/mol. The number of nitrogens with one attached hydrogen (secondary N) is 1. The van der Waals surface area contributed by atoms with Crippen LogP contribution in [0.25, 0.3) is 0 Å². The highest BCUT2D eigenvalue weighted by Gasteiger charge is 2.21. The van der Waals surface area contributed by atoms with Gasteiger partial charge in [0.05, 0.1) is 8.49 Å². The minimum atomic E-state index is -0.481. The second-order valence-electron chi connectivity index (χ2n) is 4.55. The molecule has 0 aromatic heterocycles. The van der Waals surface area contributed by atoms with Gasteiger partial charge < -0.3 is 5.32 Å². The van der Waals surface area contributed by atoms with Crippen LogP contribution >= 0.6 is 22.6 Å². The quantitative estimate of drug-likeness (QED) is 0.360. The molecular weight excluding hydrogens is 350 g/mol. The SMILES string of the molecule is O=[N+]([O-])c1cc(I)c(F)cc1NCCCC1CC1. The average Bonchev–Trinajstić information content (AvgIpc) is 3.12. The zero-order valence-corrected chi connectivity index (χ0v) is 11.9. The lowest BCUT2D eigenvalue weighted by atomic mass is 10.2. The molecule has 0 atom stereocenters. The van der Waals surface area contributed by atoms with Gasteiger partial charge >= 0.3 is 0 Å². The van der Waals surface area contributed by atoms with Gasteiger partial charge in [0.25, 0.3) is 5.69 Å². The summed E-state index contributed by atoms with van der Waals surface area (Å²) in [6.07, 6.45) is 4.72. The Morgan fingerprint density at radius 3 is 2.83 bits per heavy atom. The topological polar surface area (TPSA) is 55.2 Å². The van der Waals surface area contributed by atoms with Gasteiger partial charge in [-0.15, -0.1) is 0 Å². The number of nitro groups is 1. The molecular formula is C12H14FIN2O2. The fourth-order valence-corrected chi connectivity index (χ4v) is 2.30. The lowest BCUT2D eigenvalue weighted by molar-refractivity contribution is -0.384. The van der Waals surface area contributed by atoms with Crippen molar-refractivity contribution in [2.24, 2.45) is 5.92 Å². The molecule has 0 bridgehead atoms. The van der Waals surface area contributed by atoms with E-state index in [1.807, 2.05) is 0 Å². The van der Waals surface area contributed by atoms with Crippen molar-refractivity contribution in [2.75, 3.05) is 11.9 Å². The Morgan fingerprint density at radius 2 is 2.22 bits per heavy atom. The van der Waals surface area contributed by atoms with Gasteiger partial charge in [-0.1, -0.05) is 12.8 Å². The van der Waals surface area contributed by atoms with E-state index in [0.717, 1.165) is 18.8 Å². The number of nitro benzene ring substituents is 1. The predicted octanol–water partition coefficient (Wildman–Crippen LogP) is 3.94. The maximum absolute atomic E-state index is 13.4. The Kier molecular flexibility index (Phi) is 4.36. The zero-order chi connectivity index (χ0) is 13.1. The highest BCUT2D eigenvalue weighted by molar-refractivity contribution is 14.1. The van der Waals surface area contributed by atoms with E-state index in [2.05, 4.69) is 5.32 Å². The molecule has 2 rings (SSSR count). The van der Waals surface area contributed by atoms with Crippen LogP contribution in [0.3, 0.4) is 0 Å². The number of rotatable bonds is 6. The first-order valence-corrected chi connectivity index (χ1v) is 7.03. The Hall–Kier alpha value is -0.920. The van der Waals surface area contributed by atoms with Crippen LogP contribution in [0.1, 0.15) is 25.7 Å². The molecule has 98 valence electrons. The number of benzene rings is 1. The van der Waals surface area contributed by atoms with Crippen molar-refractivity contribution in [3.05, 3.63) is 31.6 Å². The van der Waals surface area contributed by atoms with Crippen LogP contribution in [0.5, 0.6) is 0 Å². The van der Waals surface area contributed by atoms with Crippen molar-refractivity contribution in [3.8, 4) is 0 Å². The molecule has 0 aliphatic heterocycles. The summed E-state index contributed by atoms with van der Waals surface area (Å²) in [4.78, 5) is 10.4. The van der Waals surface area contributed by atoms with Crippen molar-refractivity contribution >= 4 is 34.0 Å². The van der Waals surface area contributed by atoms with Gasteiger partial charge in [-0.2, -0.15) is 0 Å². The average molecular weight is 364 g/mol. The minimum absolute atomic E-state index is 0.0628. The van der Waals surface area contributed by atoms with Crippen molar-refractivity contribution < 1.29 is 9.31 Å². The highest BCUT2D eigenvalue weighted by atomic mass is 127. The van der Waals surface area contributed by atoms with Gasteiger partial charge in [0.1, 0.15) is 11.5 Å². The first-order chi connectivity index (χ1) is 8.58. The normalized spacial score (nSPS) is 14.6. The minimum Gasteiger partial charge on any atom is -0.379 e. The Labute approximate surface area is 118 Å². The van der Waals surface area contributed by atoms with Gasteiger partial charge in [-0.3, -0.25) is 10.1 Å². The molecule has 0 spiro atoms. The second kappa shape index (κ2) is 5.81. The van der Waals surface area contributed by atoms with Crippen molar-refractivity contribution in [2.45, 2.75) is 25.7 Å². The van der Waals surface area contributed by atoms with E-state index in [-0.39, 0.29) is 14.9 Å². The molecule has 0 unspecified atom stereocenters. The summed E-state index contributed by atoms with van der Waals surface area (Å²) in [5, 5.41) is 13.8.